The molecular formula is C14H10Cl2O3. The summed E-state index contributed by atoms with van der Waals surface area (Å²) < 4.78 is 5.64. The lowest BCUT2D eigenvalue weighted by Gasteiger charge is -2.10. The van der Waals surface area contributed by atoms with Crippen molar-refractivity contribution in [1.29, 1.82) is 0 Å². The highest BCUT2D eigenvalue weighted by Gasteiger charge is 2.08. The summed E-state index contributed by atoms with van der Waals surface area (Å²) in [6.07, 6.45) is 0. The lowest BCUT2D eigenvalue weighted by molar-refractivity contribution is 0.0697. The predicted octanol–water partition coefficient (Wildman–Crippen LogP) is 4.79. The van der Waals surface area contributed by atoms with Gasteiger partial charge in [0.25, 0.3) is 0 Å². The van der Waals surface area contributed by atoms with Gasteiger partial charge >= 0.3 is 5.97 Å². The minimum absolute atomic E-state index is 0.217. The van der Waals surface area contributed by atoms with Crippen molar-refractivity contribution in [3.8, 4) is 11.5 Å². The summed E-state index contributed by atoms with van der Waals surface area (Å²) in [6, 6.07) is 9.51. The maximum absolute atomic E-state index is 10.8. The second-order valence-corrected chi connectivity index (χ2v) is 4.87. The van der Waals surface area contributed by atoms with E-state index in [1.54, 1.807) is 37.3 Å². The molecule has 98 valence electrons. The van der Waals surface area contributed by atoms with Crippen molar-refractivity contribution in [3.63, 3.8) is 0 Å². The fraction of sp³-hybridized carbons (Fsp3) is 0.0714. The van der Waals surface area contributed by atoms with Crippen molar-refractivity contribution < 1.29 is 14.6 Å². The lowest BCUT2D eigenvalue weighted by Crippen LogP contribution is -1.97. The molecule has 3 nitrogen and oxygen atoms in total. The molecule has 2 aromatic carbocycles. The fourth-order valence-electron chi connectivity index (χ4n) is 1.61. The third-order valence-electron chi connectivity index (χ3n) is 2.49. The van der Waals surface area contributed by atoms with Crippen molar-refractivity contribution in [2.75, 3.05) is 0 Å². The third-order valence-corrected chi connectivity index (χ3v) is 2.92. The maximum Gasteiger partial charge on any atom is 0.335 e. The number of carbonyl (C=O) groups is 1. The van der Waals surface area contributed by atoms with E-state index in [0.29, 0.717) is 21.5 Å². The highest BCUT2D eigenvalue weighted by atomic mass is 35.5. The zero-order chi connectivity index (χ0) is 14.0. The largest absolute Gasteiger partial charge is 0.478 e. The van der Waals surface area contributed by atoms with Gasteiger partial charge in [-0.2, -0.15) is 0 Å². The van der Waals surface area contributed by atoms with Gasteiger partial charge in [-0.15, -0.1) is 0 Å². The minimum atomic E-state index is -0.972. The number of hydrogen-bond acceptors (Lipinski definition) is 2. The van der Waals surface area contributed by atoms with E-state index >= 15 is 0 Å². The van der Waals surface area contributed by atoms with Gasteiger partial charge in [-0.3, -0.25) is 0 Å². The topological polar surface area (TPSA) is 46.5 Å². The summed E-state index contributed by atoms with van der Waals surface area (Å²) in [5, 5.41) is 9.84. The van der Waals surface area contributed by atoms with Crippen LogP contribution in [0, 0.1) is 6.92 Å². The summed E-state index contributed by atoms with van der Waals surface area (Å²) >= 11 is 11.8. The van der Waals surface area contributed by atoms with Gasteiger partial charge in [0.1, 0.15) is 11.5 Å². The Morgan fingerprint density at radius 2 is 1.74 bits per heavy atom. The van der Waals surface area contributed by atoms with Gasteiger partial charge in [0.15, 0.2) is 0 Å². The summed E-state index contributed by atoms with van der Waals surface area (Å²) in [6.45, 7) is 1.77. The van der Waals surface area contributed by atoms with Gasteiger partial charge < -0.3 is 9.84 Å². The van der Waals surface area contributed by atoms with Crippen LogP contribution in [0.4, 0.5) is 0 Å². The van der Waals surface area contributed by atoms with Crippen LogP contribution in [0.25, 0.3) is 0 Å². The molecule has 0 radical (unpaired) electrons. The highest BCUT2D eigenvalue weighted by molar-refractivity contribution is 6.34. The van der Waals surface area contributed by atoms with E-state index in [1.807, 2.05) is 0 Å². The number of rotatable bonds is 3. The number of ether oxygens (including phenoxy) is 1. The molecule has 0 aliphatic rings. The molecule has 0 aliphatic carbocycles. The Labute approximate surface area is 120 Å². The summed E-state index contributed by atoms with van der Waals surface area (Å²) in [7, 11) is 0. The monoisotopic (exact) mass is 296 g/mol. The molecule has 0 heterocycles. The molecule has 0 atom stereocenters. The van der Waals surface area contributed by atoms with Crippen molar-refractivity contribution in [1.82, 2.24) is 0 Å². The smallest absolute Gasteiger partial charge is 0.335 e. The van der Waals surface area contributed by atoms with Crippen molar-refractivity contribution in [2.24, 2.45) is 0 Å². The van der Waals surface area contributed by atoms with Gasteiger partial charge in [0, 0.05) is 10.0 Å². The molecule has 5 heteroatoms. The number of hydrogen-bond donors (Lipinski definition) is 1. The molecular weight excluding hydrogens is 287 g/mol. The van der Waals surface area contributed by atoms with Crippen molar-refractivity contribution >= 4 is 29.2 Å². The molecule has 0 aliphatic heterocycles. The first-order valence-corrected chi connectivity index (χ1v) is 6.19. The predicted molar refractivity (Wildman–Crippen MR) is 74.7 cm³/mol. The normalized spacial score (nSPS) is 10.3. The summed E-state index contributed by atoms with van der Waals surface area (Å²) in [5.74, 6) is 0.0902. The van der Waals surface area contributed by atoms with E-state index in [2.05, 4.69) is 0 Å². The van der Waals surface area contributed by atoms with E-state index in [-0.39, 0.29) is 5.56 Å². The van der Waals surface area contributed by atoms with E-state index < -0.39 is 5.97 Å². The Kier molecular flexibility index (Phi) is 3.98. The summed E-state index contributed by atoms with van der Waals surface area (Å²) in [4.78, 5) is 10.8. The standard InChI is InChI=1S/C14H10Cl2O3/c1-8-4-9(14(17)18)2-3-13(8)19-12-6-10(15)5-11(16)7-12/h2-7H,1H3,(H,17,18). The Morgan fingerprint density at radius 3 is 2.26 bits per heavy atom. The average Bonchev–Trinajstić information content (AvgIpc) is 2.30. The molecule has 0 aromatic heterocycles. The first-order valence-electron chi connectivity index (χ1n) is 5.43. The summed E-state index contributed by atoms with van der Waals surface area (Å²) in [5.41, 5.74) is 0.935. The first kappa shape index (κ1) is 13.7. The van der Waals surface area contributed by atoms with Crippen molar-refractivity contribution in [3.05, 3.63) is 57.6 Å². The van der Waals surface area contributed by atoms with Crippen LogP contribution in [-0.4, -0.2) is 11.1 Å². The zero-order valence-electron chi connectivity index (χ0n) is 9.98. The second kappa shape index (κ2) is 5.51. The van der Waals surface area contributed by atoms with Gasteiger partial charge in [-0.25, -0.2) is 4.79 Å². The van der Waals surface area contributed by atoms with Crippen LogP contribution in [0.1, 0.15) is 15.9 Å². The third kappa shape index (κ3) is 3.40. The van der Waals surface area contributed by atoms with E-state index in [9.17, 15) is 4.79 Å². The number of benzene rings is 2. The van der Waals surface area contributed by atoms with Crippen LogP contribution in [-0.2, 0) is 0 Å². The van der Waals surface area contributed by atoms with Crippen LogP contribution in [0.3, 0.4) is 0 Å². The molecule has 2 aromatic rings. The molecule has 0 amide bonds. The van der Waals surface area contributed by atoms with Crippen LogP contribution >= 0.6 is 23.2 Å². The van der Waals surface area contributed by atoms with Crippen LogP contribution in [0.2, 0.25) is 10.0 Å². The van der Waals surface area contributed by atoms with E-state index in [0.717, 1.165) is 5.56 Å². The number of aryl methyl sites for hydroxylation is 1. The van der Waals surface area contributed by atoms with Crippen LogP contribution < -0.4 is 4.74 Å². The van der Waals surface area contributed by atoms with Gasteiger partial charge in [-0.05, 0) is 48.9 Å². The van der Waals surface area contributed by atoms with Crippen LogP contribution in [0.15, 0.2) is 36.4 Å². The Morgan fingerprint density at radius 1 is 1.11 bits per heavy atom. The second-order valence-electron chi connectivity index (χ2n) is 3.99. The Hall–Kier alpha value is -1.71. The molecule has 2 rings (SSSR count). The number of carboxylic acids is 1. The minimum Gasteiger partial charge on any atom is -0.478 e. The number of carboxylic acid groups (broad SMARTS) is 1. The average molecular weight is 297 g/mol. The lowest BCUT2D eigenvalue weighted by atomic mass is 10.1. The molecule has 0 saturated heterocycles. The molecule has 0 fully saturated rings. The number of halogens is 2. The zero-order valence-corrected chi connectivity index (χ0v) is 11.5. The number of aromatic carboxylic acids is 1. The molecule has 0 spiro atoms. The first-order chi connectivity index (χ1) is 8.95. The molecule has 0 saturated carbocycles. The highest BCUT2D eigenvalue weighted by Crippen LogP contribution is 2.30. The fourth-order valence-corrected chi connectivity index (χ4v) is 2.12. The van der Waals surface area contributed by atoms with E-state index in [4.69, 9.17) is 33.0 Å². The van der Waals surface area contributed by atoms with Gasteiger partial charge in [0.2, 0.25) is 0 Å². The SMILES string of the molecule is Cc1cc(C(=O)O)ccc1Oc1cc(Cl)cc(Cl)c1. The quantitative estimate of drug-likeness (QED) is 0.885. The Bertz CT molecular complexity index is 618. The molecule has 0 unspecified atom stereocenters. The van der Waals surface area contributed by atoms with Crippen molar-refractivity contribution in [2.45, 2.75) is 6.92 Å². The van der Waals surface area contributed by atoms with Gasteiger partial charge in [-0.1, -0.05) is 23.2 Å². The maximum atomic E-state index is 10.8. The molecule has 1 N–H and O–H groups in total. The van der Waals surface area contributed by atoms with E-state index in [1.165, 1.54) is 6.07 Å². The van der Waals surface area contributed by atoms with Gasteiger partial charge in [0.05, 0.1) is 5.56 Å². The Balaban J connectivity index is 2.30. The molecule has 0 bridgehead atoms. The van der Waals surface area contributed by atoms with Crippen LogP contribution in [0.5, 0.6) is 11.5 Å². The molecule has 19 heavy (non-hydrogen) atoms.